The van der Waals surface area contributed by atoms with Crippen LogP contribution in [0.15, 0.2) is 18.3 Å². The average Bonchev–Trinajstić information content (AvgIpc) is 2.28. The zero-order valence-electron chi connectivity index (χ0n) is 9.49. The Morgan fingerprint density at radius 1 is 1.47 bits per heavy atom. The zero-order chi connectivity index (χ0) is 11.1. The van der Waals surface area contributed by atoms with Crippen molar-refractivity contribution in [1.82, 2.24) is 4.98 Å². The number of nitrogens with zero attached hydrogens (tertiary/aromatic N) is 1. The summed E-state index contributed by atoms with van der Waals surface area (Å²) < 4.78 is 10.4. The van der Waals surface area contributed by atoms with Gasteiger partial charge in [0, 0.05) is 19.7 Å². The molecule has 0 spiro atoms. The minimum atomic E-state index is 0.191. The molecule has 4 nitrogen and oxygen atoms in total. The lowest BCUT2D eigenvalue weighted by Crippen LogP contribution is -2.18. The van der Waals surface area contributed by atoms with Crippen LogP contribution in [0.5, 0.6) is 5.88 Å². The molecule has 0 aromatic carbocycles. The molecule has 84 valence electrons. The van der Waals surface area contributed by atoms with Crippen molar-refractivity contribution in [2.45, 2.75) is 20.0 Å². The SMILES string of the molecule is CCOc1ccc(NCC(C)OC)cn1. The van der Waals surface area contributed by atoms with Gasteiger partial charge in [-0.1, -0.05) is 0 Å². The summed E-state index contributed by atoms with van der Waals surface area (Å²) in [6.45, 7) is 5.36. The highest BCUT2D eigenvalue weighted by Gasteiger charge is 1.99. The molecular weight excluding hydrogens is 192 g/mol. The van der Waals surface area contributed by atoms with Crippen molar-refractivity contribution in [1.29, 1.82) is 0 Å². The van der Waals surface area contributed by atoms with Gasteiger partial charge in [-0.25, -0.2) is 4.98 Å². The first-order valence-corrected chi connectivity index (χ1v) is 5.11. The molecule has 0 fully saturated rings. The predicted octanol–water partition coefficient (Wildman–Crippen LogP) is 1.93. The molecule has 1 atom stereocenters. The molecule has 0 saturated heterocycles. The second-order valence-electron chi connectivity index (χ2n) is 3.25. The molecule has 0 bridgehead atoms. The topological polar surface area (TPSA) is 43.4 Å². The fourth-order valence-electron chi connectivity index (χ4n) is 1.06. The van der Waals surface area contributed by atoms with Gasteiger partial charge in [0.05, 0.1) is 24.6 Å². The van der Waals surface area contributed by atoms with E-state index in [0.29, 0.717) is 12.5 Å². The van der Waals surface area contributed by atoms with Crippen molar-refractivity contribution in [3.63, 3.8) is 0 Å². The van der Waals surface area contributed by atoms with E-state index in [-0.39, 0.29) is 6.10 Å². The van der Waals surface area contributed by atoms with Gasteiger partial charge < -0.3 is 14.8 Å². The Kier molecular flexibility index (Phi) is 4.90. The van der Waals surface area contributed by atoms with Crippen molar-refractivity contribution in [2.75, 3.05) is 25.6 Å². The van der Waals surface area contributed by atoms with Gasteiger partial charge in [0.15, 0.2) is 0 Å². The molecule has 1 aromatic heterocycles. The first kappa shape index (κ1) is 11.8. The molecular formula is C11H18N2O2. The average molecular weight is 210 g/mol. The molecule has 1 heterocycles. The summed E-state index contributed by atoms with van der Waals surface area (Å²) in [5.74, 6) is 0.655. The number of hydrogen-bond acceptors (Lipinski definition) is 4. The van der Waals surface area contributed by atoms with E-state index in [1.807, 2.05) is 26.0 Å². The van der Waals surface area contributed by atoms with E-state index in [0.717, 1.165) is 12.2 Å². The normalized spacial score (nSPS) is 12.2. The first-order valence-electron chi connectivity index (χ1n) is 5.11. The van der Waals surface area contributed by atoms with E-state index in [4.69, 9.17) is 9.47 Å². The molecule has 1 rings (SSSR count). The largest absolute Gasteiger partial charge is 0.478 e. The van der Waals surface area contributed by atoms with Crippen LogP contribution in [0.3, 0.4) is 0 Å². The molecule has 0 amide bonds. The number of nitrogens with one attached hydrogen (secondary N) is 1. The predicted molar refractivity (Wildman–Crippen MR) is 60.4 cm³/mol. The minimum absolute atomic E-state index is 0.191. The van der Waals surface area contributed by atoms with Crippen LogP contribution in [-0.4, -0.2) is 31.3 Å². The fourth-order valence-corrected chi connectivity index (χ4v) is 1.06. The van der Waals surface area contributed by atoms with Crippen LogP contribution < -0.4 is 10.1 Å². The van der Waals surface area contributed by atoms with E-state index in [2.05, 4.69) is 10.3 Å². The van der Waals surface area contributed by atoms with E-state index in [1.54, 1.807) is 13.3 Å². The summed E-state index contributed by atoms with van der Waals surface area (Å²) in [5, 5.41) is 3.22. The highest BCUT2D eigenvalue weighted by molar-refractivity contribution is 5.42. The summed E-state index contributed by atoms with van der Waals surface area (Å²) in [6.07, 6.45) is 1.95. The Labute approximate surface area is 90.6 Å². The second-order valence-corrected chi connectivity index (χ2v) is 3.25. The fraction of sp³-hybridized carbons (Fsp3) is 0.545. The molecule has 1 N–H and O–H groups in total. The maximum atomic E-state index is 5.24. The van der Waals surface area contributed by atoms with Gasteiger partial charge in [-0.15, -0.1) is 0 Å². The Hall–Kier alpha value is -1.29. The standard InChI is InChI=1S/C11H18N2O2/c1-4-15-11-6-5-10(8-13-11)12-7-9(2)14-3/h5-6,8-9,12H,4,7H2,1-3H3. The number of methoxy groups -OCH3 is 1. The third kappa shape index (κ3) is 4.16. The molecule has 4 heteroatoms. The maximum absolute atomic E-state index is 5.24. The summed E-state index contributed by atoms with van der Waals surface area (Å²) in [6, 6.07) is 3.80. The molecule has 1 aromatic rings. The van der Waals surface area contributed by atoms with Crippen molar-refractivity contribution in [3.05, 3.63) is 18.3 Å². The summed E-state index contributed by atoms with van der Waals surface area (Å²) in [4.78, 5) is 4.15. The lowest BCUT2D eigenvalue weighted by molar-refractivity contribution is 0.129. The van der Waals surface area contributed by atoms with Crippen molar-refractivity contribution >= 4 is 5.69 Å². The van der Waals surface area contributed by atoms with Gasteiger partial charge in [-0.2, -0.15) is 0 Å². The first-order chi connectivity index (χ1) is 7.26. The van der Waals surface area contributed by atoms with Gasteiger partial charge >= 0.3 is 0 Å². The Morgan fingerprint density at radius 2 is 2.27 bits per heavy atom. The minimum Gasteiger partial charge on any atom is -0.478 e. The monoisotopic (exact) mass is 210 g/mol. The van der Waals surface area contributed by atoms with E-state index < -0.39 is 0 Å². The van der Waals surface area contributed by atoms with Gasteiger partial charge in [0.25, 0.3) is 0 Å². The highest BCUT2D eigenvalue weighted by atomic mass is 16.5. The molecule has 0 saturated carbocycles. The van der Waals surface area contributed by atoms with Crippen molar-refractivity contribution in [3.8, 4) is 5.88 Å². The molecule has 0 aliphatic carbocycles. The number of pyridine rings is 1. The summed E-state index contributed by atoms with van der Waals surface area (Å²) in [7, 11) is 1.70. The third-order valence-corrected chi connectivity index (χ3v) is 2.02. The Bertz CT molecular complexity index is 274. The van der Waals surface area contributed by atoms with E-state index >= 15 is 0 Å². The van der Waals surface area contributed by atoms with Crippen molar-refractivity contribution < 1.29 is 9.47 Å². The number of anilines is 1. The van der Waals surface area contributed by atoms with Gasteiger partial charge in [0.2, 0.25) is 5.88 Å². The molecule has 0 radical (unpaired) electrons. The van der Waals surface area contributed by atoms with Crippen LogP contribution in [0.2, 0.25) is 0 Å². The smallest absolute Gasteiger partial charge is 0.213 e. The summed E-state index contributed by atoms with van der Waals surface area (Å²) >= 11 is 0. The van der Waals surface area contributed by atoms with Gasteiger partial charge in [-0.05, 0) is 19.9 Å². The highest BCUT2D eigenvalue weighted by Crippen LogP contribution is 2.11. The molecule has 15 heavy (non-hydrogen) atoms. The van der Waals surface area contributed by atoms with Crippen molar-refractivity contribution in [2.24, 2.45) is 0 Å². The second kappa shape index (κ2) is 6.24. The van der Waals surface area contributed by atoms with Gasteiger partial charge in [-0.3, -0.25) is 0 Å². The third-order valence-electron chi connectivity index (χ3n) is 2.02. The van der Waals surface area contributed by atoms with Crippen LogP contribution in [0, 0.1) is 0 Å². The Balaban J connectivity index is 2.42. The maximum Gasteiger partial charge on any atom is 0.213 e. The number of hydrogen-bond donors (Lipinski definition) is 1. The van der Waals surface area contributed by atoms with E-state index in [9.17, 15) is 0 Å². The number of aromatic nitrogens is 1. The Morgan fingerprint density at radius 3 is 2.80 bits per heavy atom. The van der Waals surface area contributed by atoms with Crippen LogP contribution in [0.1, 0.15) is 13.8 Å². The summed E-state index contributed by atoms with van der Waals surface area (Å²) in [5.41, 5.74) is 0.974. The van der Waals surface area contributed by atoms with Crippen LogP contribution in [-0.2, 0) is 4.74 Å². The lowest BCUT2D eigenvalue weighted by Gasteiger charge is -2.11. The molecule has 0 aliphatic rings. The van der Waals surface area contributed by atoms with E-state index in [1.165, 1.54) is 0 Å². The van der Waals surface area contributed by atoms with Gasteiger partial charge in [0.1, 0.15) is 0 Å². The van der Waals surface area contributed by atoms with Crippen LogP contribution >= 0.6 is 0 Å². The van der Waals surface area contributed by atoms with Crippen LogP contribution in [0.4, 0.5) is 5.69 Å². The quantitative estimate of drug-likeness (QED) is 0.779. The zero-order valence-corrected chi connectivity index (χ0v) is 9.49. The lowest BCUT2D eigenvalue weighted by atomic mass is 10.3. The molecule has 1 unspecified atom stereocenters. The number of rotatable bonds is 6. The number of ether oxygens (including phenoxy) is 2. The molecule has 0 aliphatic heterocycles. The van der Waals surface area contributed by atoms with Crippen LogP contribution in [0.25, 0.3) is 0 Å².